The Morgan fingerprint density at radius 2 is 1.83 bits per heavy atom. The number of aryl methyl sites for hydroxylation is 1. The third-order valence-electron chi connectivity index (χ3n) is 2.49. The van der Waals surface area contributed by atoms with Crippen molar-refractivity contribution in [1.82, 2.24) is 0 Å². The monoisotopic (exact) mass is 235 g/mol. The minimum atomic E-state index is 0.372. The number of hydrogen-bond acceptors (Lipinski definition) is 2. The van der Waals surface area contributed by atoms with Gasteiger partial charge in [0.05, 0.1) is 0 Å². The Bertz CT molecular complexity index is 618. The van der Waals surface area contributed by atoms with Crippen LogP contribution in [0.1, 0.15) is 16.7 Å². The molecule has 0 aliphatic carbocycles. The van der Waals surface area contributed by atoms with Gasteiger partial charge in [0.15, 0.2) is 5.71 Å². The fraction of sp³-hybridized carbons (Fsp3) is 0.0625. The molecule has 2 rings (SSSR count). The standard InChI is InChI=1S/C16H13NO/c1-13-6-5-7-14(12-13)10-11-16(17-18)15-8-3-2-4-9-15/h2-9,12,18H,1H3/b17-16-. The zero-order valence-electron chi connectivity index (χ0n) is 10.1. The van der Waals surface area contributed by atoms with Gasteiger partial charge in [-0.1, -0.05) is 53.5 Å². The van der Waals surface area contributed by atoms with Crippen molar-refractivity contribution in [3.05, 3.63) is 71.3 Å². The summed E-state index contributed by atoms with van der Waals surface area (Å²) in [6, 6.07) is 17.3. The molecule has 0 heterocycles. The van der Waals surface area contributed by atoms with E-state index < -0.39 is 0 Å². The molecule has 0 fully saturated rings. The van der Waals surface area contributed by atoms with Crippen LogP contribution in [0, 0.1) is 18.8 Å². The smallest absolute Gasteiger partial charge is 0.159 e. The number of oxime groups is 1. The third kappa shape index (κ3) is 2.99. The van der Waals surface area contributed by atoms with Crippen LogP contribution in [0.5, 0.6) is 0 Å². The van der Waals surface area contributed by atoms with Crippen LogP contribution < -0.4 is 0 Å². The largest absolute Gasteiger partial charge is 0.410 e. The molecular weight excluding hydrogens is 222 g/mol. The highest BCUT2D eigenvalue weighted by atomic mass is 16.4. The lowest BCUT2D eigenvalue weighted by Gasteiger charge is -1.96. The average molecular weight is 235 g/mol. The molecule has 0 saturated heterocycles. The summed E-state index contributed by atoms with van der Waals surface area (Å²) in [5.41, 5.74) is 3.24. The van der Waals surface area contributed by atoms with Crippen LogP contribution in [0.3, 0.4) is 0 Å². The molecule has 0 radical (unpaired) electrons. The van der Waals surface area contributed by atoms with Crippen LogP contribution in [0.2, 0.25) is 0 Å². The maximum atomic E-state index is 9.00. The minimum Gasteiger partial charge on any atom is -0.410 e. The molecule has 2 nitrogen and oxygen atoms in total. The average Bonchev–Trinajstić information content (AvgIpc) is 2.41. The molecule has 88 valence electrons. The number of hydrogen-bond donors (Lipinski definition) is 1. The van der Waals surface area contributed by atoms with Gasteiger partial charge in [0, 0.05) is 11.1 Å². The molecule has 18 heavy (non-hydrogen) atoms. The molecule has 0 amide bonds. The van der Waals surface area contributed by atoms with Gasteiger partial charge in [-0.05, 0) is 30.5 Å². The SMILES string of the molecule is Cc1cccc(C#C/C(=N/O)c2ccccc2)c1. The van der Waals surface area contributed by atoms with Crippen LogP contribution in [0.4, 0.5) is 0 Å². The van der Waals surface area contributed by atoms with E-state index >= 15 is 0 Å². The third-order valence-corrected chi connectivity index (χ3v) is 2.49. The van der Waals surface area contributed by atoms with Crippen molar-refractivity contribution in [2.24, 2.45) is 5.16 Å². The summed E-state index contributed by atoms with van der Waals surface area (Å²) in [4.78, 5) is 0. The predicted molar refractivity (Wildman–Crippen MR) is 72.8 cm³/mol. The van der Waals surface area contributed by atoms with Crippen molar-refractivity contribution in [3.63, 3.8) is 0 Å². The van der Waals surface area contributed by atoms with Gasteiger partial charge < -0.3 is 5.21 Å². The second-order valence-electron chi connectivity index (χ2n) is 3.93. The van der Waals surface area contributed by atoms with Crippen molar-refractivity contribution >= 4 is 5.71 Å². The van der Waals surface area contributed by atoms with Gasteiger partial charge in [-0.25, -0.2) is 0 Å². The summed E-state index contributed by atoms with van der Waals surface area (Å²) in [5.74, 6) is 5.87. The van der Waals surface area contributed by atoms with Gasteiger partial charge in [0.1, 0.15) is 0 Å². The molecule has 0 saturated carbocycles. The van der Waals surface area contributed by atoms with Gasteiger partial charge in [0.2, 0.25) is 0 Å². The van der Waals surface area contributed by atoms with Crippen molar-refractivity contribution < 1.29 is 5.21 Å². The molecule has 0 spiro atoms. The first-order chi connectivity index (χ1) is 8.79. The Hall–Kier alpha value is -2.53. The molecule has 0 atom stereocenters. The molecule has 0 unspecified atom stereocenters. The van der Waals surface area contributed by atoms with Crippen LogP contribution in [0.15, 0.2) is 59.8 Å². The molecule has 2 aromatic rings. The summed E-state index contributed by atoms with van der Waals surface area (Å²) in [5, 5.41) is 12.2. The topological polar surface area (TPSA) is 32.6 Å². The molecule has 0 aliphatic heterocycles. The lowest BCUT2D eigenvalue weighted by Crippen LogP contribution is -1.96. The maximum absolute atomic E-state index is 9.00. The summed E-state index contributed by atoms with van der Waals surface area (Å²) in [6.45, 7) is 2.02. The molecule has 2 heteroatoms. The number of rotatable bonds is 1. The lowest BCUT2D eigenvalue weighted by atomic mass is 10.1. The second kappa shape index (κ2) is 5.70. The van der Waals surface area contributed by atoms with E-state index in [9.17, 15) is 0 Å². The minimum absolute atomic E-state index is 0.372. The molecule has 0 aromatic heterocycles. The highest BCUT2D eigenvalue weighted by Crippen LogP contribution is 2.03. The van der Waals surface area contributed by atoms with Gasteiger partial charge in [-0.2, -0.15) is 0 Å². The van der Waals surface area contributed by atoms with Crippen LogP contribution in [-0.4, -0.2) is 10.9 Å². The van der Waals surface area contributed by atoms with E-state index in [2.05, 4.69) is 17.0 Å². The van der Waals surface area contributed by atoms with Gasteiger partial charge in [-0.15, -0.1) is 0 Å². The lowest BCUT2D eigenvalue weighted by molar-refractivity contribution is 0.320. The summed E-state index contributed by atoms with van der Waals surface area (Å²) >= 11 is 0. The van der Waals surface area contributed by atoms with Crippen LogP contribution in [0.25, 0.3) is 0 Å². The summed E-state index contributed by atoms with van der Waals surface area (Å²) < 4.78 is 0. The number of nitrogens with zero attached hydrogens (tertiary/aromatic N) is 1. The Kier molecular flexibility index (Phi) is 3.78. The molecule has 1 N–H and O–H groups in total. The van der Waals surface area contributed by atoms with E-state index in [1.54, 1.807) is 0 Å². The van der Waals surface area contributed by atoms with E-state index in [-0.39, 0.29) is 0 Å². The van der Waals surface area contributed by atoms with Gasteiger partial charge in [0.25, 0.3) is 0 Å². The van der Waals surface area contributed by atoms with Crippen LogP contribution in [-0.2, 0) is 0 Å². The fourth-order valence-electron chi connectivity index (χ4n) is 1.61. The van der Waals surface area contributed by atoms with Gasteiger partial charge >= 0.3 is 0 Å². The molecular formula is C16H13NO. The summed E-state index contributed by atoms with van der Waals surface area (Å²) in [7, 11) is 0. The first kappa shape index (κ1) is 11.9. The van der Waals surface area contributed by atoms with E-state index in [0.29, 0.717) is 5.71 Å². The van der Waals surface area contributed by atoms with Crippen molar-refractivity contribution in [2.75, 3.05) is 0 Å². The summed E-state index contributed by atoms with van der Waals surface area (Å²) in [6.07, 6.45) is 0. The zero-order valence-corrected chi connectivity index (χ0v) is 10.1. The Labute approximate surface area is 107 Å². The number of benzene rings is 2. The Morgan fingerprint density at radius 1 is 1.06 bits per heavy atom. The van der Waals surface area contributed by atoms with Crippen molar-refractivity contribution in [2.45, 2.75) is 6.92 Å². The highest BCUT2D eigenvalue weighted by molar-refractivity contribution is 6.12. The normalized spacial score (nSPS) is 10.6. The van der Waals surface area contributed by atoms with E-state index in [0.717, 1.165) is 16.7 Å². The molecule has 0 bridgehead atoms. The molecule has 0 aliphatic rings. The van der Waals surface area contributed by atoms with Gasteiger partial charge in [-0.3, -0.25) is 0 Å². The van der Waals surface area contributed by atoms with Crippen molar-refractivity contribution in [1.29, 1.82) is 0 Å². The first-order valence-corrected chi connectivity index (χ1v) is 5.66. The van der Waals surface area contributed by atoms with Crippen molar-refractivity contribution in [3.8, 4) is 11.8 Å². The van der Waals surface area contributed by atoms with E-state index in [1.165, 1.54) is 0 Å². The maximum Gasteiger partial charge on any atom is 0.159 e. The quantitative estimate of drug-likeness (QED) is 0.350. The fourth-order valence-corrected chi connectivity index (χ4v) is 1.61. The second-order valence-corrected chi connectivity index (χ2v) is 3.93. The van der Waals surface area contributed by atoms with E-state index in [1.807, 2.05) is 61.5 Å². The zero-order chi connectivity index (χ0) is 12.8. The van der Waals surface area contributed by atoms with E-state index in [4.69, 9.17) is 5.21 Å². The first-order valence-electron chi connectivity index (χ1n) is 5.66. The Morgan fingerprint density at radius 3 is 2.50 bits per heavy atom. The van der Waals surface area contributed by atoms with Crippen LogP contribution >= 0.6 is 0 Å². The Balaban J connectivity index is 2.29. The molecule has 2 aromatic carbocycles. The predicted octanol–water partition coefficient (Wildman–Crippen LogP) is 3.23. The highest BCUT2D eigenvalue weighted by Gasteiger charge is 1.98.